The molecule has 0 aliphatic carbocycles. The van der Waals surface area contributed by atoms with Gasteiger partial charge in [-0.05, 0) is 40.8 Å². The lowest BCUT2D eigenvalue weighted by atomic mass is 9.87. The summed E-state index contributed by atoms with van der Waals surface area (Å²) in [5.41, 5.74) is 2.18. The van der Waals surface area contributed by atoms with Crippen molar-refractivity contribution < 1.29 is 9.84 Å². The highest BCUT2D eigenvalue weighted by Crippen LogP contribution is 2.30. The molecule has 0 heterocycles. The van der Waals surface area contributed by atoms with E-state index in [0.29, 0.717) is 0 Å². The first kappa shape index (κ1) is 15.1. The minimum atomic E-state index is 0.0143. The third-order valence-corrected chi connectivity index (χ3v) is 3.87. The molecule has 0 radical (unpaired) electrons. The Bertz CT molecular complexity index is 600. The van der Waals surface area contributed by atoms with Gasteiger partial charge < -0.3 is 9.84 Å². The third kappa shape index (κ3) is 3.62. The number of hydrogen-bond donors (Lipinski definition) is 1. The van der Waals surface area contributed by atoms with Crippen LogP contribution in [0.15, 0.2) is 46.9 Å². The molecular formula is C17H19BrO2. The van der Waals surface area contributed by atoms with Gasteiger partial charge in [0.1, 0.15) is 11.5 Å². The molecule has 0 aliphatic heterocycles. The highest BCUT2D eigenvalue weighted by molar-refractivity contribution is 9.10. The van der Waals surface area contributed by atoms with Crippen molar-refractivity contribution >= 4 is 15.9 Å². The van der Waals surface area contributed by atoms with E-state index in [1.165, 1.54) is 5.56 Å². The molecule has 0 spiro atoms. The molecule has 0 fully saturated rings. The minimum Gasteiger partial charge on any atom is -0.457 e. The second-order valence-corrected chi connectivity index (χ2v) is 6.65. The van der Waals surface area contributed by atoms with Crippen molar-refractivity contribution in [1.82, 2.24) is 0 Å². The van der Waals surface area contributed by atoms with Gasteiger partial charge in [-0.3, -0.25) is 0 Å². The van der Waals surface area contributed by atoms with E-state index in [4.69, 9.17) is 9.84 Å². The van der Waals surface area contributed by atoms with E-state index in [2.05, 4.69) is 48.8 Å². The number of halogens is 1. The number of aliphatic hydroxyl groups excluding tert-OH is 1. The van der Waals surface area contributed by atoms with Crippen LogP contribution in [0.2, 0.25) is 0 Å². The summed E-state index contributed by atoms with van der Waals surface area (Å²) < 4.78 is 6.73. The molecule has 0 unspecified atom stereocenters. The smallest absolute Gasteiger partial charge is 0.128 e. The number of aliphatic hydroxyl groups is 1. The van der Waals surface area contributed by atoms with Gasteiger partial charge >= 0.3 is 0 Å². The van der Waals surface area contributed by atoms with Gasteiger partial charge in [0.05, 0.1) is 6.61 Å². The van der Waals surface area contributed by atoms with Crippen LogP contribution in [0, 0.1) is 0 Å². The maximum atomic E-state index is 9.15. The summed E-state index contributed by atoms with van der Waals surface area (Å²) in [6.45, 7) is 6.55. The molecule has 0 atom stereocenters. The Morgan fingerprint density at radius 1 is 1.05 bits per heavy atom. The fourth-order valence-corrected chi connectivity index (χ4v) is 2.37. The van der Waals surface area contributed by atoms with Crippen LogP contribution in [0.3, 0.4) is 0 Å². The molecule has 2 nitrogen and oxygen atoms in total. The molecule has 0 amide bonds. The van der Waals surface area contributed by atoms with Gasteiger partial charge in [-0.2, -0.15) is 0 Å². The maximum absolute atomic E-state index is 9.15. The van der Waals surface area contributed by atoms with Crippen LogP contribution < -0.4 is 4.74 Å². The first-order chi connectivity index (χ1) is 9.40. The largest absolute Gasteiger partial charge is 0.457 e. The topological polar surface area (TPSA) is 29.5 Å². The van der Waals surface area contributed by atoms with Crippen LogP contribution in [-0.4, -0.2) is 5.11 Å². The first-order valence-electron chi connectivity index (χ1n) is 6.58. The Kier molecular flexibility index (Phi) is 4.51. The second-order valence-electron chi connectivity index (χ2n) is 5.79. The predicted octanol–water partition coefficient (Wildman–Crippen LogP) is 5.03. The summed E-state index contributed by atoms with van der Waals surface area (Å²) in [7, 11) is 0. The summed E-state index contributed by atoms with van der Waals surface area (Å²) in [5.74, 6) is 1.57. The van der Waals surface area contributed by atoms with Crippen LogP contribution >= 0.6 is 15.9 Å². The number of rotatable bonds is 3. The van der Waals surface area contributed by atoms with E-state index in [9.17, 15) is 0 Å². The van der Waals surface area contributed by atoms with E-state index in [-0.39, 0.29) is 12.0 Å². The highest BCUT2D eigenvalue weighted by atomic mass is 79.9. The molecule has 106 valence electrons. The Labute approximate surface area is 128 Å². The average Bonchev–Trinajstić information content (AvgIpc) is 2.38. The van der Waals surface area contributed by atoms with Gasteiger partial charge in [-0.1, -0.05) is 54.9 Å². The van der Waals surface area contributed by atoms with Gasteiger partial charge in [0.25, 0.3) is 0 Å². The zero-order valence-electron chi connectivity index (χ0n) is 12.0. The lowest BCUT2D eigenvalue weighted by Gasteiger charge is -2.19. The first-order valence-corrected chi connectivity index (χ1v) is 7.37. The number of benzene rings is 2. The van der Waals surface area contributed by atoms with Crippen LogP contribution in [0.25, 0.3) is 0 Å². The fraction of sp³-hybridized carbons (Fsp3) is 0.294. The summed E-state index contributed by atoms with van der Waals surface area (Å²) in [4.78, 5) is 0. The summed E-state index contributed by atoms with van der Waals surface area (Å²) in [6.07, 6.45) is 0. The standard InChI is InChI=1S/C17H19BrO2/c1-17(2,3)13-5-4-6-14(9-13)20-15-8-7-12(11-19)16(18)10-15/h4-10,19H,11H2,1-3H3. The molecule has 2 aromatic carbocycles. The van der Waals surface area contributed by atoms with Gasteiger partial charge in [0.15, 0.2) is 0 Å². The normalized spacial score (nSPS) is 11.4. The van der Waals surface area contributed by atoms with Gasteiger partial charge in [-0.25, -0.2) is 0 Å². The van der Waals surface area contributed by atoms with Crippen molar-refractivity contribution in [3.05, 3.63) is 58.1 Å². The van der Waals surface area contributed by atoms with Crippen LogP contribution in [0.4, 0.5) is 0 Å². The summed E-state index contributed by atoms with van der Waals surface area (Å²) in [6, 6.07) is 13.7. The molecule has 0 aromatic heterocycles. The molecule has 1 N–H and O–H groups in total. The predicted molar refractivity (Wildman–Crippen MR) is 85.3 cm³/mol. The van der Waals surface area contributed by atoms with Crippen LogP contribution in [-0.2, 0) is 12.0 Å². The van der Waals surface area contributed by atoms with Crippen molar-refractivity contribution in [3.63, 3.8) is 0 Å². The van der Waals surface area contributed by atoms with E-state index < -0.39 is 0 Å². The molecule has 0 saturated carbocycles. The molecular weight excluding hydrogens is 316 g/mol. The molecule has 0 bridgehead atoms. The van der Waals surface area contributed by atoms with Gasteiger partial charge in [0.2, 0.25) is 0 Å². The molecule has 0 saturated heterocycles. The van der Waals surface area contributed by atoms with Gasteiger partial charge in [0, 0.05) is 4.47 Å². The second kappa shape index (κ2) is 5.98. The fourth-order valence-electron chi connectivity index (χ4n) is 1.88. The summed E-state index contributed by atoms with van der Waals surface area (Å²) >= 11 is 3.43. The van der Waals surface area contributed by atoms with Crippen molar-refractivity contribution in [2.75, 3.05) is 0 Å². The van der Waals surface area contributed by atoms with E-state index >= 15 is 0 Å². The minimum absolute atomic E-state index is 0.0143. The Balaban J connectivity index is 2.24. The third-order valence-electron chi connectivity index (χ3n) is 3.13. The Morgan fingerprint density at radius 3 is 2.35 bits per heavy atom. The van der Waals surface area contributed by atoms with E-state index in [0.717, 1.165) is 21.5 Å². The lowest BCUT2D eigenvalue weighted by Crippen LogP contribution is -2.10. The summed E-state index contributed by atoms with van der Waals surface area (Å²) in [5, 5.41) is 9.15. The van der Waals surface area contributed by atoms with Crippen molar-refractivity contribution in [3.8, 4) is 11.5 Å². The van der Waals surface area contributed by atoms with Crippen molar-refractivity contribution in [2.45, 2.75) is 32.8 Å². The Hall–Kier alpha value is -1.32. The quantitative estimate of drug-likeness (QED) is 0.852. The zero-order chi connectivity index (χ0) is 14.8. The number of ether oxygens (including phenoxy) is 1. The molecule has 3 heteroatoms. The maximum Gasteiger partial charge on any atom is 0.128 e. The van der Waals surface area contributed by atoms with Crippen molar-refractivity contribution in [2.24, 2.45) is 0 Å². The Morgan fingerprint density at radius 2 is 1.75 bits per heavy atom. The van der Waals surface area contributed by atoms with Gasteiger partial charge in [-0.15, -0.1) is 0 Å². The van der Waals surface area contributed by atoms with E-state index in [1.54, 1.807) is 0 Å². The monoisotopic (exact) mass is 334 g/mol. The van der Waals surface area contributed by atoms with Crippen molar-refractivity contribution in [1.29, 1.82) is 0 Å². The highest BCUT2D eigenvalue weighted by Gasteiger charge is 2.14. The van der Waals surface area contributed by atoms with E-state index in [1.807, 2.05) is 30.3 Å². The molecule has 0 aliphatic rings. The SMILES string of the molecule is CC(C)(C)c1cccc(Oc2ccc(CO)c(Br)c2)c1. The van der Waals surface area contributed by atoms with Crippen LogP contribution in [0.1, 0.15) is 31.9 Å². The number of hydrogen-bond acceptors (Lipinski definition) is 2. The van der Waals surface area contributed by atoms with Crippen LogP contribution in [0.5, 0.6) is 11.5 Å². The molecule has 2 rings (SSSR count). The average molecular weight is 335 g/mol. The lowest BCUT2D eigenvalue weighted by molar-refractivity contribution is 0.281. The zero-order valence-corrected chi connectivity index (χ0v) is 13.6. The molecule has 20 heavy (non-hydrogen) atoms. The molecule has 2 aromatic rings.